The van der Waals surface area contributed by atoms with Crippen molar-refractivity contribution in [2.24, 2.45) is 0 Å². The molecule has 1 aliphatic heterocycles. The van der Waals surface area contributed by atoms with Crippen molar-refractivity contribution in [3.63, 3.8) is 0 Å². The summed E-state index contributed by atoms with van der Waals surface area (Å²) in [5.74, 6) is 1.72. The molecule has 1 aliphatic rings. The van der Waals surface area contributed by atoms with Crippen LogP contribution in [0.15, 0.2) is 22.7 Å². The first-order valence-electron chi connectivity index (χ1n) is 4.46. The number of hydrogen-bond acceptors (Lipinski definition) is 2. The van der Waals surface area contributed by atoms with Gasteiger partial charge in [0.25, 0.3) is 0 Å². The molecule has 1 aromatic rings. The van der Waals surface area contributed by atoms with Crippen molar-refractivity contribution in [2.75, 3.05) is 13.7 Å². The van der Waals surface area contributed by atoms with Crippen LogP contribution in [0.5, 0.6) is 11.5 Å². The summed E-state index contributed by atoms with van der Waals surface area (Å²) in [4.78, 5) is 0. The molecule has 0 spiro atoms. The minimum absolute atomic E-state index is 0.706. The second-order valence-electron chi connectivity index (χ2n) is 3.09. The van der Waals surface area contributed by atoms with Gasteiger partial charge in [-0.15, -0.1) is 0 Å². The van der Waals surface area contributed by atoms with Gasteiger partial charge < -0.3 is 9.47 Å². The molecule has 0 atom stereocenters. The van der Waals surface area contributed by atoms with Crippen LogP contribution in [0.1, 0.15) is 12.0 Å². The van der Waals surface area contributed by atoms with E-state index >= 15 is 0 Å². The zero-order valence-corrected chi connectivity index (χ0v) is 9.50. The van der Waals surface area contributed by atoms with E-state index in [1.165, 1.54) is 4.48 Å². The lowest BCUT2D eigenvalue weighted by atomic mass is 10.2. The van der Waals surface area contributed by atoms with Crippen molar-refractivity contribution in [2.45, 2.75) is 6.42 Å². The average molecular weight is 255 g/mol. The molecule has 0 saturated heterocycles. The quantitative estimate of drug-likeness (QED) is 0.767. The summed E-state index contributed by atoms with van der Waals surface area (Å²) in [5.41, 5.74) is 1.09. The molecular weight excluding hydrogens is 244 g/mol. The molecule has 0 bridgehead atoms. The Bertz CT molecular complexity index is 372. The minimum Gasteiger partial charge on any atom is -0.497 e. The standard InChI is InChI=1S/C11H11BrO2/c1-13-10-3-2-8-6-9(12)4-5-14-11(8)7-10/h2-3,6-7H,4-5H2,1H3. The average Bonchev–Trinajstić information content (AvgIpc) is 2.37. The number of hydrogen-bond donors (Lipinski definition) is 0. The monoisotopic (exact) mass is 254 g/mol. The van der Waals surface area contributed by atoms with Crippen LogP contribution in [0.2, 0.25) is 0 Å². The predicted molar refractivity (Wildman–Crippen MR) is 60.0 cm³/mol. The zero-order chi connectivity index (χ0) is 9.97. The maximum absolute atomic E-state index is 5.60. The van der Waals surface area contributed by atoms with Gasteiger partial charge in [-0.2, -0.15) is 0 Å². The molecule has 0 N–H and O–H groups in total. The van der Waals surface area contributed by atoms with Crippen molar-refractivity contribution in [1.29, 1.82) is 0 Å². The first-order chi connectivity index (χ1) is 6.79. The summed E-state index contributed by atoms with van der Waals surface area (Å²) in [6.07, 6.45) is 3.00. The van der Waals surface area contributed by atoms with E-state index in [-0.39, 0.29) is 0 Å². The highest BCUT2D eigenvalue weighted by Crippen LogP contribution is 2.31. The number of methoxy groups -OCH3 is 1. The molecule has 14 heavy (non-hydrogen) atoms. The highest BCUT2D eigenvalue weighted by Gasteiger charge is 2.08. The molecule has 0 unspecified atom stereocenters. The normalized spacial score (nSPS) is 14.9. The van der Waals surface area contributed by atoms with Crippen LogP contribution in [-0.2, 0) is 0 Å². The van der Waals surface area contributed by atoms with Crippen molar-refractivity contribution in [3.8, 4) is 11.5 Å². The number of rotatable bonds is 1. The van der Waals surface area contributed by atoms with Gasteiger partial charge in [-0.25, -0.2) is 0 Å². The van der Waals surface area contributed by atoms with Crippen LogP contribution in [0.3, 0.4) is 0 Å². The van der Waals surface area contributed by atoms with Crippen LogP contribution in [0, 0.1) is 0 Å². The van der Waals surface area contributed by atoms with Gasteiger partial charge in [-0.3, -0.25) is 0 Å². The summed E-state index contributed by atoms with van der Waals surface area (Å²) in [5, 5.41) is 0. The van der Waals surface area contributed by atoms with Crippen molar-refractivity contribution in [3.05, 3.63) is 28.2 Å². The summed E-state index contributed by atoms with van der Waals surface area (Å²) >= 11 is 3.49. The van der Waals surface area contributed by atoms with Crippen LogP contribution in [0.4, 0.5) is 0 Å². The predicted octanol–water partition coefficient (Wildman–Crippen LogP) is 3.21. The smallest absolute Gasteiger partial charge is 0.130 e. The third kappa shape index (κ3) is 1.93. The van der Waals surface area contributed by atoms with Gasteiger partial charge in [0.1, 0.15) is 11.5 Å². The Morgan fingerprint density at radius 2 is 2.29 bits per heavy atom. The van der Waals surface area contributed by atoms with Gasteiger partial charge in [0.15, 0.2) is 0 Å². The third-order valence-corrected chi connectivity index (χ3v) is 2.76. The fraction of sp³-hybridized carbons (Fsp3) is 0.273. The molecular formula is C11H11BrO2. The third-order valence-electron chi connectivity index (χ3n) is 2.13. The Hall–Kier alpha value is -0.960. The van der Waals surface area contributed by atoms with E-state index in [4.69, 9.17) is 9.47 Å². The molecule has 3 heteroatoms. The maximum atomic E-state index is 5.60. The maximum Gasteiger partial charge on any atom is 0.130 e. The van der Waals surface area contributed by atoms with Gasteiger partial charge in [0, 0.05) is 18.1 Å². The van der Waals surface area contributed by atoms with E-state index in [1.54, 1.807) is 7.11 Å². The Morgan fingerprint density at radius 3 is 3.07 bits per heavy atom. The second kappa shape index (κ2) is 4.05. The minimum atomic E-state index is 0.706. The molecule has 0 amide bonds. The van der Waals surface area contributed by atoms with Crippen molar-refractivity contribution in [1.82, 2.24) is 0 Å². The Balaban J connectivity index is 2.42. The molecule has 0 fully saturated rings. The van der Waals surface area contributed by atoms with E-state index < -0.39 is 0 Å². The summed E-state index contributed by atoms with van der Waals surface area (Å²) in [6, 6.07) is 5.85. The fourth-order valence-electron chi connectivity index (χ4n) is 1.39. The molecule has 74 valence electrons. The van der Waals surface area contributed by atoms with Crippen LogP contribution >= 0.6 is 15.9 Å². The zero-order valence-electron chi connectivity index (χ0n) is 7.92. The summed E-state index contributed by atoms with van der Waals surface area (Å²) < 4.78 is 11.9. The molecule has 2 rings (SSSR count). The van der Waals surface area contributed by atoms with Crippen molar-refractivity contribution >= 4 is 22.0 Å². The first kappa shape index (κ1) is 9.59. The molecule has 0 aliphatic carbocycles. The molecule has 0 aromatic heterocycles. The van der Waals surface area contributed by atoms with Crippen LogP contribution in [0.25, 0.3) is 6.08 Å². The number of ether oxygens (including phenoxy) is 2. The van der Waals surface area contributed by atoms with E-state index in [9.17, 15) is 0 Å². The van der Waals surface area contributed by atoms with Gasteiger partial charge in [-0.1, -0.05) is 15.9 Å². The topological polar surface area (TPSA) is 18.5 Å². The van der Waals surface area contributed by atoms with E-state index in [1.807, 2.05) is 18.2 Å². The van der Waals surface area contributed by atoms with Gasteiger partial charge in [0.05, 0.1) is 13.7 Å². The lowest BCUT2D eigenvalue weighted by Crippen LogP contribution is -1.96. The Kier molecular flexibility index (Phi) is 2.77. The Morgan fingerprint density at radius 1 is 1.43 bits per heavy atom. The lowest BCUT2D eigenvalue weighted by Gasteiger charge is -2.07. The highest BCUT2D eigenvalue weighted by atomic mass is 79.9. The second-order valence-corrected chi connectivity index (χ2v) is 4.11. The molecule has 2 nitrogen and oxygen atoms in total. The van der Waals surface area contributed by atoms with Gasteiger partial charge in [-0.05, 0) is 22.7 Å². The largest absolute Gasteiger partial charge is 0.497 e. The molecule has 1 aromatic carbocycles. The molecule has 0 saturated carbocycles. The lowest BCUT2D eigenvalue weighted by molar-refractivity contribution is 0.323. The van der Waals surface area contributed by atoms with Crippen LogP contribution < -0.4 is 9.47 Å². The van der Waals surface area contributed by atoms with Crippen LogP contribution in [-0.4, -0.2) is 13.7 Å². The van der Waals surface area contributed by atoms with E-state index in [2.05, 4.69) is 22.0 Å². The van der Waals surface area contributed by atoms with E-state index in [0.717, 1.165) is 23.5 Å². The van der Waals surface area contributed by atoms with Gasteiger partial charge in [0.2, 0.25) is 0 Å². The first-order valence-corrected chi connectivity index (χ1v) is 5.26. The van der Waals surface area contributed by atoms with Gasteiger partial charge >= 0.3 is 0 Å². The SMILES string of the molecule is COc1ccc2c(c1)OCCC(Br)=C2. The van der Waals surface area contributed by atoms with Crippen molar-refractivity contribution < 1.29 is 9.47 Å². The number of fused-ring (bicyclic) bond motifs is 1. The van der Waals surface area contributed by atoms with E-state index in [0.29, 0.717) is 6.61 Å². The molecule has 0 radical (unpaired) electrons. The summed E-state index contributed by atoms with van der Waals surface area (Å²) in [6.45, 7) is 0.706. The summed E-state index contributed by atoms with van der Waals surface area (Å²) in [7, 11) is 1.66. The number of benzene rings is 1. The Labute approximate surface area is 91.7 Å². The fourth-order valence-corrected chi connectivity index (χ4v) is 1.79. The highest BCUT2D eigenvalue weighted by molar-refractivity contribution is 9.11. The molecule has 1 heterocycles. The number of halogens is 1.